The number of aliphatic hydroxyl groups excluding tert-OH is 1. The molecule has 6 rings (SSSR count). The van der Waals surface area contributed by atoms with Crippen molar-refractivity contribution < 1.29 is 42.1 Å². The zero-order valence-electron chi connectivity index (χ0n) is 21.3. The van der Waals surface area contributed by atoms with Crippen LogP contribution in [-0.2, 0) is 39.5 Å². The average molecular weight is 561 g/mol. The highest BCUT2D eigenvalue weighted by atomic mass is 19.4. The number of aryl methyl sites for hydroxylation is 1. The van der Waals surface area contributed by atoms with Crippen LogP contribution in [0.1, 0.15) is 59.2 Å². The lowest BCUT2D eigenvalue weighted by Gasteiger charge is -2.31. The number of aromatic nitrogens is 2. The van der Waals surface area contributed by atoms with Crippen molar-refractivity contribution in [3.8, 4) is 11.4 Å². The van der Waals surface area contributed by atoms with Gasteiger partial charge >= 0.3 is 12.1 Å². The third-order valence-electron chi connectivity index (χ3n) is 8.25. The Labute approximate surface area is 223 Å². The Balaban J connectivity index is 1.60. The van der Waals surface area contributed by atoms with Crippen LogP contribution in [0.25, 0.3) is 22.3 Å². The monoisotopic (exact) mass is 561 g/mol. The van der Waals surface area contributed by atoms with Crippen molar-refractivity contribution in [2.45, 2.75) is 70.2 Å². The lowest BCUT2D eigenvalue weighted by atomic mass is 9.81. The molecule has 3 N–H and O–H groups in total. The summed E-state index contributed by atoms with van der Waals surface area (Å²) in [6.45, 7) is 2.71. The number of nitrogens with zero attached hydrogens (tertiary/aromatic N) is 2. The van der Waals surface area contributed by atoms with Gasteiger partial charge in [-0.25, -0.2) is 14.2 Å². The molecule has 1 amide bonds. The molecular formula is C27H23F4N3O6. The lowest BCUT2D eigenvalue weighted by molar-refractivity contribution is -0.205. The molecule has 9 nitrogen and oxygen atoms in total. The number of rotatable bonds is 3. The summed E-state index contributed by atoms with van der Waals surface area (Å²) in [5.41, 5.74) is -0.122. The Morgan fingerprint density at radius 3 is 2.67 bits per heavy atom. The molecule has 0 bridgehead atoms. The number of benzene rings is 1. The standard InChI is InChI=1S/C27H23F4N3O6/c1-3-26(39)14-6-18-21-12(8-34(18)24(37)13(14)9-40-25(26)38)20-16(33-23(36)22(35)27(29,30)31)5-4-11-10(2)15(28)7-17(32-21)19(11)20/h6-7,16,22,35,39H,3-5,8-9H2,1-2H3,(H,33,36)/t16-,22+,26+/m1/s1. The highest BCUT2D eigenvalue weighted by Gasteiger charge is 2.47. The van der Waals surface area contributed by atoms with Crippen molar-refractivity contribution in [2.75, 3.05) is 0 Å². The minimum Gasteiger partial charge on any atom is -0.458 e. The molecular weight excluding hydrogens is 538 g/mol. The fourth-order valence-electron chi connectivity index (χ4n) is 6.10. The first-order valence-corrected chi connectivity index (χ1v) is 12.6. The van der Waals surface area contributed by atoms with Gasteiger partial charge in [0, 0.05) is 22.6 Å². The second-order valence-electron chi connectivity index (χ2n) is 10.4. The van der Waals surface area contributed by atoms with Gasteiger partial charge in [-0.2, -0.15) is 13.2 Å². The summed E-state index contributed by atoms with van der Waals surface area (Å²) in [5, 5.41) is 23.4. The number of pyridine rings is 2. The van der Waals surface area contributed by atoms with Crippen molar-refractivity contribution in [2.24, 2.45) is 0 Å². The molecule has 1 aliphatic carbocycles. The number of carbonyl (C=O) groups excluding carboxylic acids is 2. The van der Waals surface area contributed by atoms with Gasteiger partial charge < -0.3 is 24.8 Å². The van der Waals surface area contributed by atoms with Crippen molar-refractivity contribution in [3.63, 3.8) is 0 Å². The number of amides is 1. The maximum Gasteiger partial charge on any atom is 0.423 e. The average Bonchev–Trinajstić information content (AvgIpc) is 3.27. The van der Waals surface area contributed by atoms with Gasteiger partial charge in [0.05, 0.1) is 35.1 Å². The van der Waals surface area contributed by atoms with Crippen LogP contribution < -0.4 is 10.9 Å². The van der Waals surface area contributed by atoms with E-state index in [9.17, 15) is 42.2 Å². The first-order valence-electron chi connectivity index (χ1n) is 12.6. The number of aliphatic hydroxyl groups is 2. The Hall–Kier alpha value is -3.84. The summed E-state index contributed by atoms with van der Waals surface area (Å²) in [6.07, 6.45) is -8.16. The maximum absolute atomic E-state index is 14.9. The summed E-state index contributed by atoms with van der Waals surface area (Å²) in [5.74, 6) is -3.08. The molecule has 0 saturated carbocycles. The van der Waals surface area contributed by atoms with Gasteiger partial charge in [-0.15, -0.1) is 0 Å². The normalized spacial score (nSPS) is 21.9. The first-order chi connectivity index (χ1) is 18.8. The van der Waals surface area contributed by atoms with Gasteiger partial charge in [-0.05, 0) is 48.9 Å². The Bertz CT molecular complexity index is 1720. The number of ether oxygens (including phenoxy) is 1. The molecule has 0 fully saturated rings. The lowest BCUT2D eigenvalue weighted by Crippen LogP contribution is -2.45. The molecule has 0 spiro atoms. The van der Waals surface area contributed by atoms with E-state index >= 15 is 0 Å². The number of alkyl halides is 3. The number of halogens is 4. The SMILES string of the molecule is CC[C@@]1(O)C(=O)OCc2c1cc1n(c2=O)Cc2c-1nc1cc(F)c(C)c3c1c2[C@H](NC(=O)[C@H](O)C(F)(F)F)CC3. The number of nitrogens with one attached hydrogen (secondary N) is 1. The molecule has 3 aromatic rings. The summed E-state index contributed by atoms with van der Waals surface area (Å²) in [6, 6.07) is 1.65. The number of hydrogen-bond acceptors (Lipinski definition) is 7. The van der Waals surface area contributed by atoms with E-state index in [-0.39, 0.29) is 60.4 Å². The summed E-state index contributed by atoms with van der Waals surface area (Å²) in [4.78, 5) is 43.1. The van der Waals surface area contributed by atoms with Gasteiger partial charge in [-0.1, -0.05) is 6.92 Å². The summed E-state index contributed by atoms with van der Waals surface area (Å²) in [7, 11) is 0. The third-order valence-corrected chi connectivity index (χ3v) is 8.25. The number of carbonyl (C=O) groups is 2. The molecule has 2 aliphatic heterocycles. The molecule has 0 radical (unpaired) electrons. The summed E-state index contributed by atoms with van der Waals surface area (Å²) >= 11 is 0. The van der Waals surface area contributed by atoms with Gasteiger partial charge in [0.25, 0.3) is 11.5 Å². The molecule has 0 unspecified atom stereocenters. The predicted molar refractivity (Wildman–Crippen MR) is 130 cm³/mol. The molecule has 4 heterocycles. The highest BCUT2D eigenvalue weighted by molar-refractivity contribution is 5.94. The zero-order chi connectivity index (χ0) is 28.9. The Kier molecular flexibility index (Phi) is 5.66. The Morgan fingerprint density at radius 1 is 1.27 bits per heavy atom. The molecule has 13 heteroatoms. The van der Waals surface area contributed by atoms with E-state index in [2.05, 4.69) is 10.3 Å². The summed E-state index contributed by atoms with van der Waals surface area (Å²) < 4.78 is 60.6. The quantitative estimate of drug-likeness (QED) is 0.259. The smallest absolute Gasteiger partial charge is 0.423 e. The van der Waals surface area contributed by atoms with Crippen molar-refractivity contribution in [1.29, 1.82) is 0 Å². The third kappa shape index (κ3) is 3.53. The minimum absolute atomic E-state index is 0.0693. The van der Waals surface area contributed by atoms with Gasteiger partial charge in [-0.3, -0.25) is 9.59 Å². The fraction of sp³-hybridized carbons (Fsp3) is 0.407. The predicted octanol–water partition coefficient (Wildman–Crippen LogP) is 2.55. The molecule has 2 aromatic heterocycles. The van der Waals surface area contributed by atoms with Crippen LogP contribution in [0, 0.1) is 12.7 Å². The van der Waals surface area contributed by atoms with Crippen LogP contribution in [0.2, 0.25) is 0 Å². The Morgan fingerprint density at radius 2 is 2.00 bits per heavy atom. The van der Waals surface area contributed by atoms with E-state index in [4.69, 9.17) is 4.74 Å². The fourth-order valence-corrected chi connectivity index (χ4v) is 6.10. The van der Waals surface area contributed by atoms with Gasteiger partial charge in [0.1, 0.15) is 12.4 Å². The molecule has 40 heavy (non-hydrogen) atoms. The number of fused-ring (bicyclic) bond motifs is 5. The van der Waals surface area contributed by atoms with Crippen molar-refractivity contribution in [3.05, 3.63) is 61.7 Å². The van der Waals surface area contributed by atoms with Crippen LogP contribution in [0.3, 0.4) is 0 Å². The maximum atomic E-state index is 14.9. The van der Waals surface area contributed by atoms with Crippen LogP contribution in [0.5, 0.6) is 0 Å². The first kappa shape index (κ1) is 26.4. The van der Waals surface area contributed by atoms with Gasteiger partial charge in [0.2, 0.25) is 6.10 Å². The van der Waals surface area contributed by atoms with Crippen molar-refractivity contribution >= 4 is 22.8 Å². The number of cyclic esters (lactones) is 1. The largest absolute Gasteiger partial charge is 0.458 e. The van der Waals surface area contributed by atoms with Crippen LogP contribution in [0.15, 0.2) is 16.9 Å². The van der Waals surface area contributed by atoms with Crippen LogP contribution in [0.4, 0.5) is 17.6 Å². The van der Waals surface area contributed by atoms with E-state index in [1.165, 1.54) is 16.7 Å². The molecule has 1 aromatic carbocycles. The topological polar surface area (TPSA) is 131 Å². The number of esters is 1. The molecule has 210 valence electrons. The second kappa shape index (κ2) is 8.58. The van der Waals surface area contributed by atoms with Gasteiger partial charge in [0.15, 0.2) is 5.60 Å². The number of hydrogen-bond donors (Lipinski definition) is 3. The van der Waals surface area contributed by atoms with Crippen LogP contribution in [-0.4, -0.2) is 43.9 Å². The molecule has 3 atom stereocenters. The highest BCUT2D eigenvalue weighted by Crippen LogP contribution is 2.46. The van der Waals surface area contributed by atoms with Crippen LogP contribution >= 0.6 is 0 Å². The molecule has 0 saturated heterocycles. The van der Waals surface area contributed by atoms with E-state index < -0.39 is 47.2 Å². The van der Waals surface area contributed by atoms with E-state index in [0.717, 1.165) is 0 Å². The van der Waals surface area contributed by atoms with E-state index in [1.54, 1.807) is 13.8 Å². The van der Waals surface area contributed by atoms with E-state index in [1.807, 2.05) is 0 Å². The van der Waals surface area contributed by atoms with Crippen molar-refractivity contribution in [1.82, 2.24) is 14.9 Å². The van der Waals surface area contributed by atoms with E-state index in [0.29, 0.717) is 27.6 Å². The minimum atomic E-state index is -5.18. The molecule has 3 aliphatic rings. The zero-order valence-corrected chi connectivity index (χ0v) is 21.3. The second-order valence-corrected chi connectivity index (χ2v) is 10.4.